The fourth-order valence-corrected chi connectivity index (χ4v) is 10.9. The zero-order chi connectivity index (χ0) is 40.8. The monoisotopic (exact) mass is 843 g/mol. The third kappa shape index (κ3) is 37.5. The molecule has 0 rings (SSSR count). The first-order valence-electron chi connectivity index (χ1n) is 23.0. The molecule has 0 aromatic rings. The van der Waals surface area contributed by atoms with Crippen molar-refractivity contribution in [3.8, 4) is 0 Å². The first kappa shape index (κ1) is 54.5. The van der Waals surface area contributed by atoms with Crippen molar-refractivity contribution >= 4 is 33.0 Å². The average molecular weight is 843 g/mol. The van der Waals surface area contributed by atoms with Gasteiger partial charge < -0.3 is 14.2 Å². The van der Waals surface area contributed by atoms with Gasteiger partial charge in [0.2, 0.25) is 0 Å². The molecule has 0 aromatic carbocycles. The minimum absolute atomic E-state index is 0.00943. The van der Waals surface area contributed by atoms with Crippen LogP contribution >= 0.6 is 7.60 Å². The Morgan fingerprint density at radius 1 is 0.382 bits per heavy atom. The van der Waals surface area contributed by atoms with Crippen LogP contribution < -0.4 is 0 Å². The second kappa shape index (κ2) is 37.8. The number of carbonyl (C=O) groups is 1. The van der Waals surface area contributed by atoms with Gasteiger partial charge in [-0.25, -0.2) is 26.2 Å². The van der Waals surface area contributed by atoms with Gasteiger partial charge in [0.05, 0.1) is 36.2 Å². The first-order chi connectivity index (χ1) is 26.5. The molecule has 0 aromatic heterocycles. The van der Waals surface area contributed by atoms with E-state index in [2.05, 4.69) is 13.8 Å². The SMILES string of the molecule is CCCCCCCCCCCCCCCCCCS(=O)(=O)CCCOP(=O)(OCCCS(=O)(=O)CCCCCCCCCCCCCCCCCC)C(=O)O. The summed E-state index contributed by atoms with van der Waals surface area (Å²) < 4.78 is 72.5. The summed E-state index contributed by atoms with van der Waals surface area (Å²) in [5.74, 6) is -0.204. The van der Waals surface area contributed by atoms with Gasteiger partial charge in [-0.3, -0.25) is 0 Å². The number of hydrogen-bond donors (Lipinski definition) is 1. The van der Waals surface area contributed by atoms with Crippen LogP contribution in [0.3, 0.4) is 0 Å². The van der Waals surface area contributed by atoms with Crippen molar-refractivity contribution in [3.63, 3.8) is 0 Å². The molecular formula is C43H87O9PS2. The Balaban J connectivity index is 3.86. The minimum atomic E-state index is -4.54. The lowest BCUT2D eigenvalue weighted by molar-refractivity contribution is 0.175. The summed E-state index contributed by atoms with van der Waals surface area (Å²) in [7, 11) is -11.2. The quantitative estimate of drug-likeness (QED) is 0.0468. The lowest BCUT2D eigenvalue weighted by Crippen LogP contribution is -2.15. The molecule has 0 unspecified atom stereocenters. The largest absolute Gasteiger partial charge is 0.472 e. The van der Waals surface area contributed by atoms with E-state index in [1.165, 1.54) is 154 Å². The smallest absolute Gasteiger partial charge is 0.438 e. The van der Waals surface area contributed by atoms with Crippen LogP contribution in [0.2, 0.25) is 0 Å². The Kier molecular flexibility index (Phi) is 37.4. The summed E-state index contributed by atoms with van der Waals surface area (Å²) in [5, 5.41) is 9.42. The molecule has 0 aliphatic carbocycles. The van der Waals surface area contributed by atoms with E-state index in [4.69, 9.17) is 9.05 Å². The molecule has 0 amide bonds. The highest BCUT2D eigenvalue weighted by Crippen LogP contribution is 2.49. The highest BCUT2D eigenvalue weighted by Gasteiger charge is 2.35. The fourth-order valence-electron chi connectivity index (χ4n) is 7.02. The molecule has 0 radical (unpaired) electrons. The Morgan fingerprint density at radius 3 is 0.800 bits per heavy atom. The molecule has 0 aliphatic heterocycles. The summed E-state index contributed by atoms with van der Waals surface area (Å²) >= 11 is 0. The van der Waals surface area contributed by atoms with Crippen molar-refractivity contribution in [2.45, 2.75) is 232 Å². The summed E-state index contributed by atoms with van der Waals surface area (Å²) in [4.78, 5) is 11.6. The van der Waals surface area contributed by atoms with E-state index < -0.39 is 33.0 Å². The standard InChI is InChI=1S/C43H87O9PS2/c1-3-5-7-9-11-13-15-17-19-21-23-25-27-29-31-33-39-54(47,48)41-35-37-51-53(46,43(44)45)52-38-36-42-55(49,50)40-34-32-30-28-26-24-22-20-18-16-14-12-10-8-6-4-2/h3-42H2,1-2H3,(H,44,45). The Bertz CT molecular complexity index is 1050. The number of hydrogen-bond acceptors (Lipinski definition) is 8. The number of unbranched alkanes of at least 4 members (excludes halogenated alkanes) is 30. The maximum Gasteiger partial charge on any atom is 0.438 e. The normalized spacial score (nSPS) is 12.5. The molecule has 0 bridgehead atoms. The first-order valence-corrected chi connectivity index (χ1v) is 28.2. The van der Waals surface area contributed by atoms with Crippen molar-refractivity contribution in [3.05, 3.63) is 0 Å². The van der Waals surface area contributed by atoms with Crippen molar-refractivity contribution in [2.75, 3.05) is 36.2 Å². The average Bonchev–Trinajstić information content (AvgIpc) is 3.14. The number of carboxylic acid groups (broad SMARTS) is 1. The molecule has 1 N–H and O–H groups in total. The van der Waals surface area contributed by atoms with Crippen molar-refractivity contribution in [1.82, 2.24) is 0 Å². The van der Waals surface area contributed by atoms with Gasteiger partial charge >= 0.3 is 13.3 Å². The highest BCUT2D eigenvalue weighted by molar-refractivity contribution is 7.91. The van der Waals surface area contributed by atoms with E-state index in [0.29, 0.717) is 12.8 Å². The van der Waals surface area contributed by atoms with Crippen LogP contribution in [0, 0.1) is 0 Å². The molecule has 0 fully saturated rings. The van der Waals surface area contributed by atoms with Crippen LogP contribution in [0.5, 0.6) is 0 Å². The van der Waals surface area contributed by atoms with Gasteiger partial charge in [0.25, 0.3) is 0 Å². The van der Waals surface area contributed by atoms with Crippen molar-refractivity contribution < 1.29 is 40.3 Å². The van der Waals surface area contributed by atoms with Crippen LogP contribution in [0.1, 0.15) is 232 Å². The predicted octanol–water partition coefficient (Wildman–Crippen LogP) is 14.0. The zero-order valence-electron chi connectivity index (χ0n) is 35.8. The van der Waals surface area contributed by atoms with Crippen molar-refractivity contribution in [2.24, 2.45) is 0 Å². The third-order valence-electron chi connectivity index (χ3n) is 10.6. The Labute approximate surface area is 340 Å². The molecule has 0 aliphatic rings. The van der Waals surface area contributed by atoms with Gasteiger partial charge in [0.15, 0.2) is 0 Å². The van der Waals surface area contributed by atoms with Gasteiger partial charge in [0, 0.05) is 0 Å². The zero-order valence-corrected chi connectivity index (χ0v) is 38.3. The molecule has 12 heteroatoms. The van der Waals surface area contributed by atoms with Crippen LogP contribution in [-0.2, 0) is 33.3 Å². The molecule has 55 heavy (non-hydrogen) atoms. The maximum atomic E-state index is 12.7. The Hall–Kier alpha value is -0.480. The van der Waals surface area contributed by atoms with Crippen LogP contribution in [-0.4, -0.2) is 63.9 Å². The van der Waals surface area contributed by atoms with E-state index in [0.717, 1.165) is 38.5 Å². The molecule has 330 valence electrons. The van der Waals surface area contributed by atoms with Crippen LogP contribution in [0.4, 0.5) is 4.79 Å². The Morgan fingerprint density at radius 2 is 0.582 bits per heavy atom. The number of sulfone groups is 2. The van der Waals surface area contributed by atoms with Gasteiger partial charge in [-0.2, -0.15) is 0 Å². The lowest BCUT2D eigenvalue weighted by atomic mass is 10.0. The molecule has 9 nitrogen and oxygen atoms in total. The predicted molar refractivity (Wildman–Crippen MR) is 233 cm³/mol. The van der Waals surface area contributed by atoms with E-state index in [-0.39, 0.29) is 49.1 Å². The lowest BCUT2D eigenvalue weighted by Gasteiger charge is -2.14. The van der Waals surface area contributed by atoms with Gasteiger partial charge in [-0.05, 0) is 25.7 Å². The van der Waals surface area contributed by atoms with Gasteiger partial charge in [0.1, 0.15) is 19.7 Å². The summed E-state index contributed by atoms with van der Waals surface area (Å²) in [6.07, 6.45) is 39.1. The maximum absolute atomic E-state index is 12.7. The molecule has 0 spiro atoms. The molecule has 0 saturated carbocycles. The van der Waals surface area contributed by atoms with E-state index in [1.807, 2.05) is 0 Å². The molecule has 0 heterocycles. The second-order valence-corrected chi connectivity index (χ2v) is 22.6. The number of rotatable bonds is 45. The van der Waals surface area contributed by atoms with Crippen molar-refractivity contribution in [1.29, 1.82) is 0 Å². The van der Waals surface area contributed by atoms with Crippen LogP contribution in [0.25, 0.3) is 0 Å². The van der Waals surface area contributed by atoms with Gasteiger partial charge in [-0.15, -0.1) is 0 Å². The van der Waals surface area contributed by atoms with E-state index in [1.54, 1.807) is 0 Å². The second-order valence-electron chi connectivity index (χ2n) is 16.1. The highest BCUT2D eigenvalue weighted by atomic mass is 32.2. The third-order valence-corrected chi connectivity index (χ3v) is 15.7. The molecular weight excluding hydrogens is 756 g/mol. The summed E-state index contributed by atoms with van der Waals surface area (Å²) in [5.41, 5.74) is -1.76. The molecule has 0 saturated heterocycles. The van der Waals surface area contributed by atoms with E-state index >= 15 is 0 Å². The van der Waals surface area contributed by atoms with Crippen LogP contribution in [0.15, 0.2) is 0 Å². The minimum Gasteiger partial charge on any atom is -0.472 e. The summed E-state index contributed by atoms with van der Waals surface area (Å²) in [6.45, 7) is 3.83. The van der Waals surface area contributed by atoms with Gasteiger partial charge in [-0.1, -0.05) is 206 Å². The fraction of sp³-hybridized carbons (Fsp3) is 0.977. The topological polar surface area (TPSA) is 141 Å². The molecule has 0 atom stereocenters. The summed E-state index contributed by atoms with van der Waals surface area (Å²) in [6, 6.07) is 0. The van der Waals surface area contributed by atoms with E-state index in [9.17, 15) is 31.3 Å².